The fraction of sp³-hybridized carbons (Fsp3) is 0.300. The van der Waals surface area contributed by atoms with Crippen LogP contribution < -0.4 is 0 Å². The minimum Gasteiger partial charge on any atom is -0.287 e. The molecule has 0 saturated carbocycles. The molecule has 126 valence electrons. The van der Waals surface area contributed by atoms with E-state index in [-0.39, 0.29) is 13.5 Å². The van der Waals surface area contributed by atoms with Gasteiger partial charge in [0.25, 0.3) is 0 Å². The zero-order valence-corrected chi connectivity index (χ0v) is 17.8. The van der Waals surface area contributed by atoms with E-state index in [2.05, 4.69) is 19.1 Å². The number of benzene rings is 2. The molecule has 0 heterocycles. The highest BCUT2D eigenvalue weighted by atomic mass is 127. The molecule has 0 amide bonds. The standard InChI is InChI=1S/C20H20I2O2/c1-14(15-8-4-2-5-9-15)12-13-17(16-10-6-3-7-11-16)18(19(21)23)20(22)24/h2-11,14,17-18H,12-13H2,1H3. The molecule has 0 saturated heterocycles. The van der Waals surface area contributed by atoms with Crippen molar-refractivity contribution >= 4 is 52.8 Å². The van der Waals surface area contributed by atoms with Crippen LogP contribution in [0, 0.1) is 5.92 Å². The second-order valence-electron chi connectivity index (χ2n) is 5.99. The van der Waals surface area contributed by atoms with Gasteiger partial charge in [-0.05, 0) is 29.9 Å². The van der Waals surface area contributed by atoms with Crippen molar-refractivity contribution in [1.29, 1.82) is 0 Å². The van der Waals surface area contributed by atoms with Crippen LogP contribution in [0.3, 0.4) is 0 Å². The van der Waals surface area contributed by atoms with Gasteiger partial charge in [-0.2, -0.15) is 0 Å². The summed E-state index contributed by atoms with van der Waals surface area (Å²) in [7, 11) is 0. The molecule has 0 aliphatic carbocycles. The Labute approximate surface area is 170 Å². The third-order valence-electron chi connectivity index (χ3n) is 4.40. The summed E-state index contributed by atoms with van der Waals surface area (Å²) in [4.78, 5) is 24.2. The molecule has 2 aromatic rings. The second-order valence-corrected chi connectivity index (χ2v) is 8.12. The average molecular weight is 546 g/mol. The first-order chi connectivity index (χ1) is 11.5. The summed E-state index contributed by atoms with van der Waals surface area (Å²) in [6.07, 6.45) is 1.75. The largest absolute Gasteiger partial charge is 0.287 e. The molecule has 0 aliphatic heterocycles. The number of carbonyl (C=O) groups is 2. The molecule has 24 heavy (non-hydrogen) atoms. The van der Waals surface area contributed by atoms with Crippen molar-refractivity contribution < 1.29 is 9.59 Å². The van der Waals surface area contributed by atoms with Crippen molar-refractivity contribution in [3.05, 3.63) is 71.8 Å². The Morgan fingerprint density at radius 3 is 1.71 bits per heavy atom. The zero-order valence-electron chi connectivity index (χ0n) is 13.5. The lowest BCUT2D eigenvalue weighted by molar-refractivity contribution is -0.122. The van der Waals surface area contributed by atoms with Gasteiger partial charge in [0.15, 0.2) is 0 Å². The molecule has 0 spiro atoms. The first-order valence-corrected chi connectivity index (χ1v) is 10.1. The summed E-state index contributed by atoms with van der Waals surface area (Å²) in [5.41, 5.74) is 2.36. The fourth-order valence-corrected chi connectivity index (χ4v) is 5.04. The van der Waals surface area contributed by atoms with E-state index in [1.807, 2.05) is 48.5 Å². The predicted molar refractivity (Wildman–Crippen MR) is 115 cm³/mol. The van der Waals surface area contributed by atoms with Gasteiger partial charge in [-0.15, -0.1) is 0 Å². The van der Waals surface area contributed by atoms with Gasteiger partial charge < -0.3 is 0 Å². The summed E-state index contributed by atoms with van der Waals surface area (Å²) in [6, 6.07) is 20.3. The van der Waals surface area contributed by atoms with Crippen molar-refractivity contribution in [2.45, 2.75) is 31.6 Å². The van der Waals surface area contributed by atoms with Gasteiger partial charge in [-0.25, -0.2) is 0 Å². The monoisotopic (exact) mass is 546 g/mol. The molecule has 2 nitrogen and oxygen atoms in total. The van der Waals surface area contributed by atoms with Crippen LogP contribution in [0.15, 0.2) is 60.7 Å². The third kappa shape index (κ3) is 5.37. The Bertz CT molecular complexity index is 657. The van der Waals surface area contributed by atoms with E-state index >= 15 is 0 Å². The van der Waals surface area contributed by atoms with Crippen molar-refractivity contribution in [3.8, 4) is 0 Å². The van der Waals surface area contributed by atoms with E-state index < -0.39 is 5.92 Å². The maximum Gasteiger partial charge on any atom is 0.204 e. The van der Waals surface area contributed by atoms with Crippen LogP contribution in [0.4, 0.5) is 0 Å². The van der Waals surface area contributed by atoms with Crippen LogP contribution in [-0.2, 0) is 9.59 Å². The molecule has 2 unspecified atom stereocenters. The van der Waals surface area contributed by atoms with Gasteiger partial charge in [0, 0.05) is 51.1 Å². The second kappa shape index (κ2) is 9.65. The summed E-state index contributed by atoms with van der Waals surface area (Å²) >= 11 is 3.53. The van der Waals surface area contributed by atoms with E-state index in [4.69, 9.17) is 0 Å². The molecule has 2 aromatic carbocycles. The molecule has 0 aromatic heterocycles. The topological polar surface area (TPSA) is 34.1 Å². The number of hydrogen-bond acceptors (Lipinski definition) is 2. The maximum atomic E-state index is 12.1. The highest BCUT2D eigenvalue weighted by molar-refractivity contribution is 14.1. The van der Waals surface area contributed by atoms with Crippen molar-refractivity contribution in [2.24, 2.45) is 5.92 Å². The van der Waals surface area contributed by atoms with Crippen LogP contribution in [0.2, 0.25) is 0 Å². The lowest BCUT2D eigenvalue weighted by Crippen LogP contribution is -2.24. The Morgan fingerprint density at radius 2 is 1.25 bits per heavy atom. The fourth-order valence-electron chi connectivity index (χ4n) is 3.01. The van der Waals surface area contributed by atoms with Crippen LogP contribution in [-0.4, -0.2) is 7.58 Å². The third-order valence-corrected chi connectivity index (χ3v) is 5.74. The average Bonchev–Trinajstić information content (AvgIpc) is 2.59. The molecular formula is C20H20I2O2. The smallest absolute Gasteiger partial charge is 0.204 e. The summed E-state index contributed by atoms with van der Waals surface area (Å²) in [6.45, 7) is 2.20. The van der Waals surface area contributed by atoms with Gasteiger partial charge in [-0.1, -0.05) is 67.6 Å². The van der Waals surface area contributed by atoms with Crippen molar-refractivity contribution in [2.75, 3.05) is 0 Å². The lowest BCUT2D eigenvalue weighted by atomic mass is 9.81. The van der Waals surface area contributed by atoms with Crippen LogP contribution in [0.5, 0.6) is 0 Å². The quantitative estimate of drug-likeness (QED) is 0.235. The summed E-state index contributed by atoms with van der Waals surface area (Å²) < 4.78 is -0.151. The molecule has 2 rings (SSSR count). The first kappa shape index (κ1) is 19.6. The van der Waals surface area contributed by atoms with Gasteiger partial charge >= 0.3 is 0 Å². The molecular weight excluding hydrogens is 526 g/mol. The molecule has 0 bridgehead atoms. The number of carbonyl (C=O) groups excluding carboxylic acids is 2. The number of halogens is 2. The van der Waals surface area contributed by atoms with Gasteiger partial charge in [0.1, 0.15) is 5.92 Å². The number of rotatable bonds is 8. The SMILES string of the molecule is CC(CCC(c1ccccc1)C(C(=O)I)C(=O)I)c1ccccc1. The van der Waals surface area contributed by atoms with Crippen LogP contribution in [0.1, 0.15) is 42.7 Å². The molecule has 0 fully saturated rings. The minimum atomic E-state index is -0.573. The van der Waals surface area contributed by atoms with E-state index in [1.165, 1.54) is 5.56 Å². The Balaban J connectivity index is 2.20. The predicted octanol–water partition coefficient (Wildman–Crippen LogP) is 5.89. The molecule has 4 heteroatoms. The van der Waals surface area contributed by atoms with Crippen LogP contribution in [0.25, 0.3) is 0 Å². The minimum absolute atomic E-state index is 0.0637. The first-order valence-electron chi connectivity index (χ1n) is 7.99. The molecule has 0 radical (unpaired) electrons. The molecule has 0 N–H and O–H groups in total. The van der Waals surface area contributed by atoms with Gasteiger partial charge in [0.05, 0.1) is 0 Å². The highest BCUT2D eigenvalue weighted by Gasteiger charge is 2.33. The zero-order chi connectivity index (χ0) is 17.5. The highest BCUT2D eigenvalue weighted by Crippen LogP contribution is 2.36. The van der Waals surface area contributed by atoms with Crippen molar-refractivity contribution in [1.82, 2.24) is 0 Å². The Morgan fingerprint density at radius 1 is 0.792 bits per heavy atom. The Kier molecular flexibility index (Phi) is 7.87. The summed E-state index contributed by atoms with van der Waals surface area (Å²) in [5.74, 6) is -0.241. The molecule has 2 atom stereocenters. The van der Waals surface area contributed by atoms with Gasteiger partial charge in [-0.3, -0.25) is 9.59 Å². The van der Waals surface area contributed by atoms with E-state index in [9.17, 15) is 9.59 Å². The summed E-state index contributed by atoms with van der Waals surface area (Å²) in [5, 5.41) is 0. The number of hydrogen-bond donors (Lipinski definition) is 0. The van der Waals surface area contributed by atoms with E-state index in [0.717, 1.165) is 18.4 Å². The van der Waals surface area contributed by atoms with Crippen LogP contribution >= 0.6 is 45.2 Å². The molecule has 0 aliphatic rings. The normalized spacial score (nSPS) is 13.5. The Hall–Kier alpha value is -0.760. The van der Waals surface area contributed by atoms with E-state index in [0.29, 0.717) is 5.92 Å². The van der Waals surface area contributed by atoms with E-state index in [1.54, 1.807) is 45.2 Å². The van der Waals surface area contributed by atoms with Gasteiger partial charge in [0.2, 0.25) is 7.58 Å². The maximum absolute atomic E-state index is 12.1. The lowest BCUT2D eigenvalue weighted by Gasteiger charge is -2.24. The van der Waals surface area contributed by atoms with Crippen molar-refractivity contribution in [3.63, 3.8) is 0 Å².